The summed E-state index contributed by atoms with van der Waals surface area (Å²) < 4.78 is 0. The summed E-state index contributed by atoms with van der Waals surface area (Å²) in [5.41, 5.74) is 0.647. The molecular formula is C14H18N2O3. The highest BCUT2D eigenvalue weighted by Crippen LogP contribution is 2.22. The number of aliphatic carboxylic acids is 1. The molecule has 1 atom stereocenters. The summed E-state index contributed by atoms with van der Waals surface area (Å²) in [6, 6.07) is 3.42. The highest BCUT2D eigenvalue weighted by atomic mass is 16.4. The standard InChI is InChI=1S/C14H18N2O3/c17-13(18)4-3-11-2-1-9-16(10-11)14(19)12-5-7-15-8-6-12/h5-8,11H,1-4,9-10H2,(H,17,18)/t11-/m0/s1. The number of hydrogen-bond acceptors (Lipinski definition) is 3. The summed E-state index contributed by atoms with van der Waals surface area (Å²) in [6.07, 6.45) is 6.00. The molecule has 1 saturated heterocycles. The average Bonchev–Trinajstić information content (AvgIpc) is 2.45. The van der Waals surface area contributed by atoms with Gasteiger partial charge >= 0.3 is 5.97 Å². The van der Waals surface area contributed by atoms with Crippen LogP contribution in [0.2, 0.25) is 0 Å². The molecule has 1 aliphatic heterocycles. The van der Waals surface area contributed by atoms with Crippen molar-refractivity contribution < 1.29 is 14.7 Å². The van der Waals surface area contributed by atoms with E-state index in [0.717, 1.165) is 19.4 Å². The van der Waals surface area contributed by atoms with E-state index in [0.29, 0.717) is 24.4 Å². The van der Waals surface area contributed by atoms with Crippen LogP contribution in [0, 0.1) is 5.92 Å². The largest absolute Gasteiger partial charge is 0.481 e. The van der Waals surface area contributed by atoms with E-state index in [1.54, 1.807) is 24.5 Å². The van der Waals surface area contributed by atoms with Crippen molar-refractivity contribution in [3.63, 3.8) is 0 Å². The van der Waals surface area contributed by atoms with Crippen molar-refractivity contribution in [3.05, 3.63) is 30.1 Å². The first-order valence-corrected chi connectivity index (χ1v) is 6.58. The topological polar surface area (TPSA) is 70.5 Å². The Hall–Kier alpha value is -1.91. The van der Waals surface area contributed by atoms with Gasteiger partial charge in [0, 0.05) is 37.5 Å². The van der Waals surface area contributed by atoms with Crippen molar-refractivity contribution in [2.45, 2.75) is 25.7 Å². The van der Waals surface area contributed by atoms with Crippen LogP contribution in [0.15, 0.2) is 24.5 Å². The first kappa shape index (κ1) is 13.5. The zero-order valence-corrected chi connectivity index (χ0v) is 10.8. The fraction of sp³-hybridized carbons (Fsp3) is 0.500. The van der Waals surface area contributed by atoms with Gasteiger partial charge in [-0.1, -0.05) is 0 Å². The predicted octanol–water partition coefficient (Wildman–Crippen LogP) is 1.80. The van der Waals surface area contributed by atoms with E-state index in [-0.39, 0.29) is 12.3 Å². The third-order valence-corrected chi connectivity index (χ3v) is 3.50. The minimum atomic E-state index is -0.766. The maximum atomic E-state index is 12.3. The molecule has 0 aromatic carbocycles. The molecule has 1 fully saturated rings. The van der Waals surface area contributed by atoms with Crippen molar-refractivity contribution in [3.8, 4) is 0 Å². The van der Waals surface area contributed by atoms with E-state index in [9.17, 15) is 9.59 Å². The Balaban J connectivity index is 1.93. The van der Waals surface area contributed by atoms with E-state index < -0.39 is 5.97 Å². The second-order valence-corrected chi connectivity index (χ2v) is 4.93. The minimum absolute atomic E-state index is 0.0161. The molecule has 1 aromatic rings. The number of amides is 1. The lowest BCUT2D eigenvalue weighted by Gasteiger charge is -2.32. The van der Waals surface area contributed by atoms with Crippen LogP contribution < -0.4 is 0 Å². The van der Waals surface area contributed by atoms with E-state index in [1.807, 2.05) is 4.90 Å². The molecule has 0 spiro atoms. The van der Waals surface area contributed by atoms with Gasteiger partial charge < -0.3 is 10.0 Å². The second-order valence-electron chi connectivity index (χ2n) is 4.93. The van der Waals surface area contributed by atoms with Gasteiger partial charge in [0.05, 0.1) is 0 Å². The predicted molar refractivity (Wildman–Crippen MR) is 69.7 cm³/mol. The average molecular weight is 262 g/mol. The molecule has 19 heavy (non-hydrogen) atoms. The first-order valence-electron chi connectivity index (χ1n) is 6.58. The van der Waals surface area contributed by atoms with E-state index in [2.05, 4.69) is 4.98 Å². The van der Waals surface area contributed by atoms with Gasteiger partial charge in [-0.25, -0.2) is 0 Å². The molecule has 0 unspecified atom stereocenters. The summed E-state index contributed by atoms with van der Waals surface area (Å²) in [5.74, 6) is -0.448. The van der Waals surface area contributed by atoms with Gasteiger partial charge in [-0.05, 0) is 37.3 Å². The van der Waals surface area contributed by atoms with Crippen molar-refractivity contribution in [2.75, 3.05) is 13.1 Å². The lowest BCUT2D eigenvalue weighted by atomic mass is 9.93. The number of likely N-dealkylation sites (tertiary alicyclic amines) is 1. The Labute approximate surface area is 112 Å². The Bertz CT molecular complexity index is 447. The number of carbonyl (C=O) groups excluding carboxylic acids is 1. The first-order chi connectivity index (χ1) is 9.16. The smallest absolute Gasteiger partial charge is 0.303 e. The van der Waals surface area contributed by atoms with Gasteiger partial charge in [-0.15, -0.1) is 0 Å². The molecule has 0 aliphatic carbocycles. The van der Waals surface area contributed by atoms with Crippen LogP contribution in [0.5, 0.6) is 0 Å². The van der Waals surface area contributed by atoms with Crippen LogP contribution in [-0.4, -0.2) is 40.0 Å². The Morgan fingerprint density at radius 3 is 2.79 bits per heavy atom. The van der Waals surface area contributed by atoms with Gasteiger partial charge in [0.15, 0.2) is 0 Å². The fourth-order valence-corrected chi connectivity index (χ4v) is 2.49. The maximum absolute atomic E-state index is 12.3. The van der Waals surface area contributed by atoms with Gasteiger partial charge in [0.25, 0.3) is 5.91 Å². The molecule has 2 heterocycles. The number of rotatable bonds is 4. The number of carboxylic acid groups (broad SMARTS) is 1. The quantitative estimate of drug-likeness (QED) is 0.898. The van der Waals surface area contributed by atoms with Crippen LogP contribution in [0.4, 0.5) is 0 Å². The molecule has 0 bridgehead atoms. The Morgan fingerprint density at radius 1 is 1.37 bits per heavy atom. The highest BCUT2D eigenvalue weighted by Gasteiger charge is 2.24. The number of carboxylic acids is 1. The zero-order chi connectivity index (χ0) is 13.7. The van der Waals surface area contributed by atoms with Gasteiger partial charge in [0.1, 0.15) is 0 Å². The fourth-order valence-electron chi connectivity index (χ4n) is 2.49. The molecule has 2 rings (SSSR count). The number of nitrogens with zero attached hydrogens (tertiary/aromatic N) is 2. The molecular weight excluding hydrogens is 244 g/mol. The van der Waals surface area contributed by atoms with E-state index in [4.69, 9.17) is 5.11 Å². The summed E-state index contributed by atoms with van der Waals surface area (Å²) in [7, 11) is 0. The normalized spacial score (nSPS) is 19.2. The van der Waals surface area contributed by atoms with Gasteiger partial charge in [-0.2, -0.15) is 0 Å². The number of pyridine rings is 1. The summed E-state index contributed by atoms with van der Waals surface area (Å²) in [4.78, 5) is 28.6. The number of hydrogen-bond donors (Lipinski definition) is 1. The van der Waals surface area contributed by atoms with Crippen molar-refractivity contribution in [2.24, 2.45) is 5.92 Å². The van der Waals surface area contributed by atoms with Gasteiger partial charge in [-0.3, -0.25) is 14.6 Å². The molecule has 5 nitrogen and oxygen atoms in total. The molecule has 0 saturated carbocycles. The molecule has 1 amide bonds. The highest BCUT2D eigenvalue weighted by molar-refractivity contribution is 5.94. The summed E-state index contributed by atoms with van der Waals surface area (Å²) in [6.45, 7) is 1.42. The van der Waals surface area contributed by atoms with E-state index >= 15 is 0 Å². The number of carbonyl (C=O) groups is 2. The van der Waals surface area contributed by atoms with Crippen LogP contribution in [0.25, 0.3) is 0 Å². The van der Waals surface area contributed by atoms with Crippen molar-refractivity contribution in [1.29, 1.82) is 0 Å². The zero-order valence-electron chi connectivity index (χ0n) is 10.8. The van der Waals surface area contributed by atoms with Crippen LogP contribution in [0.3, 0.4) is 0 Å². The molecule has 0 radical (unpaired) electrons. The summed E-state index contributed by atoms with van der Waals surface area (Å²) in [5, 5.41) is 8.71. The molecule has 5 heteroatoms. The number of piperidine rings is 1. The lowest BCUT2D eigenvalue weighted by molar-refractivity contribution is -0.137. The maximum Gasteiger partial charge on any atom is 0.303 e. The Morgan fingerprint density at radius 2 is 2.11 bits per heavy atom. The molecule has 1 aromatic heterocycles. The van der Waals surface area contributed by atoms with Crippen LogP contribution in [-0.2, 0) is 4.79 Å². The third kappa shape index (κ3) is 3.77. The van der Waals surface area contributed by atoms with Crippen molar-refractivity contribution >= 4 is 11.9 Å². The van der Waals surface area contributed by atoms with Gasteiger partial charge in [0.2, 0.25) is 0 Å². The second kappa shape index (κ2) is 6.31. The molecule has 1 aliphatic rings. The third-order valence-electron chi connectivity index (χ3n) is 3.50. The Kier molecular flexibility index (Phi) is 4.49. The summed E-state index contributed by atoms with van der Waals surface area (Å²) >= 11 is 0. The van der Waals surface area contributed by atoms with Crippen LogP contribution >= 0.6 is 0 Å². The minimum Gasteiger partial charge on any atom is -0.481 e. The SMILES string of the molecule is O=C(O)CC[C@@H]1CCCN(C(=O)c2ccncc2)C1. The lowest BCUT2D eigenvalue weighted by Crippen LogP contribution is -2.40. The van der Waals surface area contributed by atoms with E-state index in [1.165, 1.54) is 0 Å². The monoisotopic (exact) mass is 262 g/mol. The van der Waals surface area contributed by atoms with Crippen molar-refractivity contribution in [1.82, 2.24) is 9.88 Å². The molecule has 102 valence electrons. The number of aromatic nitrogens is 1. The van der Waals surface area contributed by atoms with Crippen LogP contribution in [0.1, 0.15) is 36.0 Å². The molecule has 1 N–H and O–H groups in total.